The summed E-state index contributed by atoms with van der Waals surface area (Å²) in [6, 6.07) is 5.34. The third-order valence-corrected chi connectivity index (χ3v) is 3.32. The van der Waals surface area contributed by atoms with Crippen LogP contribution in [0.3, 0.4) is 0 Å². The van der Waals surface area contributed by atoms with Crippen LogP contribution in [0.1, 0.15) is 23.2 Å². The number of amides is 1. The maximum atomic E-state index is 11.5. The van der Waals surface area contributed by atoms with Gasteiger partial charge in [-0.05, 0) is 31.0 Å². The predicted molar refractivity (Wildman–Crippen MR) is 71.7 cm³/mol. The number of carbonyl (C=O) groups excluding carboxylic acids is 1. The molecule has 1 aliphatic heterocycles. The zero-order valence-corrected chi connectivity index (χ0v) is 10.5. The third kappa shape index (κ3) is 2.56. The van der Waals surface area contributed by atoms with Crippen molar-refractivity contribution in [1.82, 2.24) is 5.32 Å². The number of carbonyl (C=O) groups is 1. The first-order chi connectivity index (χ1) is 8.61. The molecule has 4 N–H and O–H groups in total. The first kappa shape index (κ1) is 12.7. The summed E-state index contributed by atoms with van der Waals surface area (Å²) in [7, 11) is 1.60. The molecule has 1 aromatic rings. The lowest BCUT2D eigenvalue weighted by Gasteiger charge is -2.32. The lowest BCUT2D eigenvalue weighted by atomic mass is 10.1. The topological polar surface area (TPSA) is 78.6 Å². The Labute approximate surface area is 107 Å². The first-order valence-electron chi connectivity index (χ1n) is 6.16. The molecule has 0 spiro atoms. The number of nitrogen functional groups attached to an aromatic ring is 1. The summed E-state index contributed by atoms with van der Waals surface area (Å²) in [5.74, 6) is -0.137. The van der Waals surface area contributed by atoms with Crippen molar-refractivity contribution in [3.63, 3.8) is 0 Å². The molecule has 98 valence electrons. The summed E-state index contributed by atoms with van der Waals surface area (Å²) in [4.78, 5) is 13.6. The average molecular weight is 249 g/mol. The third-order valence-electron chi connectivity index (χ3n) is 3.32. The van der Waals surface area contributed by atoms with Crippen LogP contribution < -0.4 is 16.0 Å². The van der Waals surface area contributed by atoms with E-state index in [9.17, 15) is 9.90 Å². The number of aliphatic hydroxyl groups is 1. The van der Waals surface area contributed by atoms with Crippen LogP contribution in [-0.4, -0.2) is 37.3 Å². The smallest absolute Gasteiger partial charge is 0.251 e. The molecule has 1 aliphatic rings. The van der Waals surface area contributed by atoms with E-state index in [4.69, 9.17) is 5.73 Å². The van der Waals surface area contributed by atoms with Gasteiger partial charge in [0, 0.05) is 25.7 Å². The summed E-state index contributed by atoms with van der Waals surface area (Å²) >= 11 is 0. The van der Waals surface area contributed by atoms with Crippen LogP contribution in [0.4, 0.5) is 11.4 Å². The minimum Gasteiger partial charge on any atom is -0.397 e. The number of nitrogens with zero attached hydrogens (tertiary/aromatic N) is 1. The van der Waals surface area contributed by atoms with E-state index in [2.05, 4.69) is 10.2 Å². The lowest BCUT2D eigenvalue weighted by molar-refractivity contribution is 0.0963. The van der Waals surface area contributed by atoms with E-state index in [0.29, 0.717) is 11.3 Å². The second-order valence-corrected chi connectivity index (χ2v) is 4.57. The maximum Gasteiger partial charge on any atom is 0.251 e. The van der Waals surface area contributed by atoms with Gasteiger partial charge in [-0.25, -0.2) is 0 Å². The van der Waals surface area contributed by atoms with Gasteiger partial charge in [-0.15, -0.1) is 0 Å². The Bertz CT molecular complexity index is 440. The van der Waals surface area contributed by atoms with E-state index < -0.39 is 0 Å². The number of benzene rings is 1. The van der Waals surface area contributed by atoms with Crippen molar-refractivity contribution >= 4 is 17.3 Å². The monoisotopic (exact) mass is 249 g/mol. The van der Waals surface area contributed by atoms with Crippen molar-refractivity contribution in [3.8, 4) is 0 Å². The number of nitrogens with one attached hydrogen (secondary N) is 1. The number of piperidine rings is 1. The highest BCUT2D eigenvalue weighted by Gasteiger charge is 2.19. The van der Waals surface area contributed by atoms with Crippen LogP contribution in [0.25, 0.3) is 0 Å². The van der Waals surface area contributed by atoms with Gasteiger partial charge in [-0.1, -0.05) is 0 Å². The number of anilines is 2. The molecule has 5 nitrogen and oxygen atoms in total. The van der Waals surface area contributed by atoms with Crippen molar-refractivity contribution in [3.05, 3.63) is 23.8 Å². The fraction of sp³-hybridized carbons (Fsp3) is 0.462. The fourth-order valence-corrected chi connectivity index (χ4v) is 2.23. The zero-order chi connectivity index (χ0) is 13.1. The SMILES string of the molecule is CNC(=O)c1ccc(N2CCC(O)CC2)c(N)c1. The van der Waals surface area contributed by atoms with Crippen LogP contribution in [0.2, 0.25) is 0 Å². The lowest BCUT2D eigenvalue weighted by Crippen LogP contribution is -2.36. The summed E-state index contributed by atoms with van der Waals surface area (Å²) < 4.78 is 0. The molecule has 0 atom stereocenters. The van der Waals surface area contributed by atoms with Crippen molar-refractivity contribution in [2.24, 2.45) is 0 Å². The van der Waals surface area contributed by atoms with Crippen LogP contribution >= 0.6 is 0 Å². The number of aliphatic hydroxyl groups excluding tert-OH is 1. The van der Waals surface area contributed by atoms with Gasteiger partial charge in [-0.2, -0.15) is 0 Å². The summed E-state index contributed by atoms with van der Waals surface area (Å²) in [5, 5.41) is 12.1. The highest BCUT2D eigenvalue weighted by Crippen LogP contribution is 2.27. The Hall–Kier alpha value is -1.75. The van der Waals surface area contributed by atoms with Crippen molar-refractivity contribution in [2.45, 2.75) is 18.9 Å². The molecule has 2 rings (SSSR count). The van der Waals surface area contributed by atoms with E-state index in [0.717, 1.165) is 31.6 Å². The molecular weight excluding hydrogens is 230 g/mol. The number of hydrogen-bond donors (Lipinski definition) is 3. The Balaban J connectivity index is 2.17. The molecule has 0 aromatic heterocycles. The van der Waals surface area contributed by atoms with Crippen LogP contribution in [-0.2, 0) is 0 Å². The fourth-order valence-electron chi connectivity index (χ4n) is 2.23. The minimum atomic E-state index is -0.201. The van der Waals surface area contributed by atoms with Crippen LogP contribution in [0.5, 0.6) is 0 Å². The van der Waals surface area contributed by atoms with Gasteiger partial charge >= 0.3 is 0 Å². The molecule has 0 bridgehead atoms. The number of nitrogens with two attached hydrogens (primary N) is 1. The van der Waals surface area contributed by atoms with Gasteiger partial charge in [0.1, 0.15) is 0 Å². The van der Waals surface area contributed by atoms with Crippen molar-refractivity contribution in [2.75, 3.05) is 30.8 Å². The van der Waals surface area contributed by atoms with Crippen LogP contribution in [0.15, 0.2) is 18.2 Å². The Kier molecular flexibility index (Phi) is 3.72. The molecule has 1 saturated heterocycles. The van der Waals surface area contributed by atoms with Gasteiger partial charge in [0.05, 0.1) is 17.5 Å². The molecule has 0 unspecified atom stereocenters. The quantitative estimate of drug-likeness (QED) is 0.670. The van der Waals surface area contributed by atoms with Crippen molar-refractivity contribution in [1.29, 1.82) is 0 Å². The molecule has 18 heavy (non-hydrogen) atoms. The summed E-state index contributed by atoms with van der Waals surface area (Å²) in [6.45, 7) is 1.59. The van der Waals surface area contributed by atoms with E-state index in [1.807, 2.05) is 6.07 Å². The van der Waals surface area contributed by atoms with Gasteiger partial charge in [-0.3, -0.25) is 4.79 Å². The van der Waals surface area contributed by atoms with E-state index >= 15 is 0 Å². The van der Waals surface area contributed by atoms with Crippen LogP contribution in [0, 0.1) is 0 Å². The van der Waals surface area contributed by atoms with E-state index in [1.54, 1.807) is 19.2 Å². The summed E-state index contributed by atoms with van der Waals surface area (Å²) in [6.07, 6.45) is 1.32. The molecule has 1 aromatic carbocycles. The Morgan fingerprint density at radius 2 is 2.11 bits per heavy atom. The van der Waals surface area contributed by atoms with Gasteiger partial charge in [0.25, 0.3) is 5.91 Å². The molecule has 0 saturated carbocycles. The molecule has 1 heterocycles. The predicted octanol–water partition coefficient (Wildman–Crippen LogP) is 0.589. The zero-order valence-electron chi connectivity index (χ0n) is 10.5. The normalized spacial score (nSPS) is 16.7. The summed E-state index contributed by atoms with van der Waals surface area (Å²) in [5.41, 5.74) is 8.10. The molecule has 0 radical (unpaired) electrons. The standard InChI is InChI=1S/C13H19N3O2/c1-15-13(18)9-2-3-12(11(14)8-9)16-6-4-10(17)5-7-16/h2-3,8,10,17H,4-7,14H2,1H3,(H,15,18). The van der Waals surface area contributed by atoms with E-state index in [-0.39, 0.29) is 12.0 Å². The second-order valence-electron chi connectivity index (χ2n) is 4.57. The maximum absolute atomic E-state index is 11.5. The van der Waals surface area contributed by atoms with Crippen molar-refractivity contribution < 1.29 is 9.90 Å². The minimum absolute atomic E-state index is 0.137. The largest absolute Gasteiger partial charge is 0.397 e. The Morgan fingerprint density at radius 1 is 1.44 bits per heavy atom. The molecule has 1 amide bonds. The Morgan fingerprint density at radius 3 is 2.67 bits per heavy atom. The average Bonchev–Trinajstić information content (AvgIpc) is 2.39. The van der Waals surface area contributed by atoms with Gasteiger partial charge < -0.3 is 21.1 Å². The van der Waals surface area contributed by atoms with Gasteiger partial charge in [0.15, 0.2) is 0 Å². The molecular formula is C13H19N3O2. The molecule has 5 heteroatoms. The first-order valence-corrected chi connectivity index (χ1v) is 6.16. The second kappa shape index (κ2) is 5.27. The molecule has 0 aliphatic carbocycles. The number of hydrogen-bond acceptors (Lipinski definition) is 4. The highest BCUT2D eigenvalue weighted by atomic mass is 16.3. The van der Waals surface area contributed by atoms with Gasteiger partial charge in [0.2, 0.25) is 0 Å². The number of rotatable bonds is 2. The molecule has 1 fully saturated rings. The highest BCUT2D eigenvalue weighted by molar-refractivity contribution is 5.96. The van der Waals surface area contributed by atoms with E-state index in [1.165, 1.54) is 0 Å².